The number of rotatable bonds is 5. The number of carbonyl (C=O) groups is 1. The second kappa shape index (κ2) is 7.69. The molecule has 0 saturated carbocycles. The number of benzene rings is 2. The van der Waals surface area contributed by atoms with E-state index in [1.54, 1.807) is 31.2 Å². The maximum atomic E-state index is 13.7. The first-order valence-electron chi connectivity index (χ1n) is 7.19. The third kappa shape index (κ3) is 4.50. The molecule has 23 heavy (non-hydrogen) atoms. The van der Waals surface area contributed by atoms with Crippen molar-refractivity contribution in [3.05, 3.63) is 71.3 Å². The van der Waals surface area contributed by atoms with Gasteiger partial charge in [0.25, 0.3) is 0 Å². The van der Waals surface area contributed by atoms with Gasteiger partial charge in [-0.1, -0.05) is 36.4 Å². The summed E-state index contributed by atoms with van der Waals surface area (Å²) in [7, 11) is 0. The van der Waals surface area contributed by atoms with Gasteiger partial charge in [-0.05, 0) is 18.6 Å². The Kier molecular flexibility index (Phi) is 5.65. The zero-order valence-electron chi connectivity index (χ0n) is 12.6. The Labute approximate surface area is 133 Å². The molecule has 2 aromatic carbocycles. The quantitative estimate of drug-likeness (QED) is 0.793. The molecule has 2 atom stereocenters. The van der Waals surface area contributed by atoms with E-state index in [0.717, 1.165) is 17.7 Å². The number of amides is 2. The van der Waals surface area contributed by atoms with E-state index in [-0.39, 0.29) is 12.2 Å². The van der Waals surface area contributed by atoms with Crippen molar-refractivity contribution in [2.45, 2.75) is 19.0 Å². The van der Waals surface area contributed by atoms with Gasteiger partial charge in [-0.3, -0.25) is 0 Å². The summed E-state index contributed by atoms with van der Waals surface area (Å²) in [6.45, 7) is 1.32. The first-order chi connectivity index (χ1) is 11.0. The maximum absolute atomic E-state index is 13.7. The van der Waals surface area contributed by atoms with Crippen molar-refractivity contribution in [3.63, 3.8) is 0 Å². The van der Waals surface area contributed by atoms with Crippen LogP contribution in [0.25, 0.3) is 0 Å². The largest absolute Gasteiger partial charge is 0.394 e. The molecule has 0 aromatic heterocycles. The third-order valence-electron chi connectivity index (χ3n) is 3.47. The monoisotopic (exact) mass is 320 g/mol. The van der Waals surface area contributed by atoms with Crippen molar-refractivity contribution in [2.24, 2.45) is 0 Å². The average molecular weight is 320 g/mol. The summed E-state index contributed by atoms with van der Waals surface area (Å²) >= 11 is 0. The second-order valence-corrected chi connectivity index (χ2v) is 5.15. The lowest BCUT2D eigenvalue weighted by Crippen LogP contribution is -2.40. The van der Waals surface area contributed by atoms with Crippen LogP contribution in [-0.2, 0) is 0 Å². The highest BCUT2D eigenvalue weighted by Crippen LogP contribution is 2.18. The molecule has 0 aliphatic rings. The molecule has 2 unspecified atom stereocenters. The standard InChI is InChI=1S/C17H18F2N2O2/c1-11(14-8-7-13(18)9-15(14)19)20-17(23)21-16(10-22)12-5-3-2-4-6-12/h2-9,11,16,22H,10H2,1H3,(H2,20,21,23). The number of hydrogen-bond donors (Lipinski definition) is 3. The first kappa shape index (κ1) is 16.9. The van der Waals surface area contributed by atoms with Gasteiger partial charge in [-0.15, -0.1) is 0 Å². The van der Waals surface area contributed by atoms with Crippen LogP contribution in [0.15, 0.2) is 48.5 Å². The number of nitrogens with one attached hydrogen (secondary N) is 2. The van der Waals surface area contributed by atoms with Crippen LogP contribution in [0, 0.1) is 11.6 Å². The minimum Gasteiger partial charge on any atom is -0.394 e. The van der Waals surface area contributed by atoms with E-state index in [2.05, 4.69) is 10.6 Å². The molecule has 122 valence electrons. The molecule has 0 radical (unpaired) electrons. The normalized spacial score (nSPS) is 13.2. The predicted octanol–water partition coefficient (Wildman–Crippen LogP) is 3.06. The Bertz CT molecular complexity index is 665. The number of hydrogen-bond acceptors (Lipinski definition) is 2. The summed E-state index contributed by atoms with van der Waals surface area (Å²) in [5.41, 5.74) is 0.938. The molecule has 6 heteroatoms. The molecule has 0 fully saturated rings. The summed E-state index contributed by atoms with van der Waals surface area (Å²) in [6.07, 6.45) is 0. The van der Waals surface area contributed by atoms with Gasteiger partial charge in [0, 0.05) is 11.6 Å². The van der Waals surface area contributed by atoms with Crippen LogP contribution in [0.2, 0.25) is 0 Å². The Balaban J connectivity index is 2.00. The molecule has 0 bridgehead atoms. The van der Waals surface area contributed by atoms with Gasteiger partial charge in [0.15, 0.2) is 0 Å². The van der Waals surface area contributed by atoms with Gasteiger partial charge in [0.2, 0.25) is 0 Å². The number of urea groups is 1. The molecule has 4 nitrogen and oxygen atoms in total. The molecule has 2 aromatic rings. The van der Waals surface area contributed by atoms with E-state index in [1.807, 2.05) is 6.07 Å². The van der Waals surface area contributed by atoms with Gasteiger partial charge >= 0.3 is 6.03 Å². The van der Waals surface area contributed by atoms with Crippen LogP contribution in [0.1, 0.15) is 30.1 Å². The van der Waals surface area contributed by atoms with Crippen LogP contribution in [0.5, 0.6) is 0 Å². The fraction of sp³-hybridized carbons (Fsp3) is 0.235. The summed E-state index contributed by atoms with van der Waals surface area (Å²) in [5.74, 6) is -1.40. The zero-order chi connectivity index (χ0) is 16.8. The van der Waals surface area contributed by atoms with Gasteiger partial charge in [-0.2, -0.15) is 0 Å². The molecule has 2 rings (SSSR count). The Morgan fingerprint density at radius 1 is 1.13 bits per heavy atom. The second-order valence-electron chi connectivity index (χ2n) is 5.15. The Morgan fingerprint density at radius 3 is 2.43 bits per heavy atom. The third-order valence-corrected chi connectivity index (χ3v) is 3.47. The molecule has 0 aliphatic carbocycles. The van der Waals surface area contributed by atoms with Gasteiger partial charge in [0.1, 0.15) is 11.6 Å². The molecule has 0 saturated heterocycles. The van der Waals surface area contributed by atoms with E-state index in [0.29, 0.717) is 0 Å². The minimum atomic E-state index is -0.723. The summed E-state index contributed by atoms with van der Waals surface area (Å²) in [4.78, 5) is 12.0. The van der Waals surface area contributed by atoms with Crippen molar-refractivity contribution in [3.8, 4) is 0 Å². The lowest BCUT2D eigenvalue weighted by molar-refractivity contribution is 0.214. The van der Waals surface area contributed by atoms with Crippen LogP contribution in [-0.4, -0.2) is 17.7 Å². The predicted molar refractivity (Wildman–Crippen MR) is 82.7 cm³/mol. The number of halogens is 2. The lowest BCUT2D eigenvalue weighted by atomic mass is 10.1. The molecule has 3 N–H and O–H groups in total. The van der Waals surface area contributed by atoms with Crippen LogP contribution >= 0.6 is 0 Å². The molecule has 0 aliphatic heterocycles. The Hall–Kier alpha value is -2.47. The van der Waals surface area contributed by atoms with Crippen LogP contribution < -0.4 is 10.6 Å². The fourth-order valence-corrected chi connectivity index (χ4v) is 2.25. The molecule has 0 spiro atoms. The smallest absolute Gasteiger partial charge is 0.315 e. The molecular weight excluding hydrogens is 302 g/mol. The van der Waals surface area contributed by atoms with Gasteiger partial charge in [-0.25, -0.2) is 13.6 Å². The summed E-state index contributed by atoms with van der Waals surface area (Å²) < 4.78 is 26.6. The van der Waals surface area contributed by atoms with Crippen molar-refractivity contribution in [1.82, 2.24) is 10.6 Å². The Morgan fingerprint density at radius 2 is 1.83 bits per heavy atom. The maximum Gasteiger partial charge on any atom is 0.315 e. The molecular formula is C17H18F2N2O2. The summed E-state index contributed by atoms with van der Waals surface area (Å²) in [5, 5.41) is 14.6. The highest BCUT2D eigenvalue weighted by molar-refractivity contribution is 5.75. The minimum absolute atomic E-state index is 0.182. The molecule has 0 heterocycles. The van der Waals surface area contributed by atoms with E-state index < -0.39 is 29.7 Å². The van der Waals surface area contributed by atoms with Crippen molar-refractivity contribution >= 4 is 6.03 Å². The van der Waals surface area contributed by atoms with Crippen molar-refractivity contribution in [1.29, 1.82) is 0 Å². The van der Waals surface area contributed by atoms with Crippen molar-refractivity contribution in [2.75, 3.05) is 6.61 Å². The van der Waals surface area contributed by atoms with Gasteiger partial charge < -0.3 is 15.7 Å². The number of aliphatic hydroxyl groups excluding tert-OH is 1. The van der Waals surface area contributed by atoms with E-state index in [4.69, 9.17) is 0 Å². The lowest BCUT2D eigenvalue weighted by Gasteiger charge is -2.20. The SMILES string of the molecule is CC(NC(=O)NC(CO)c1ccccc1)c1ccc(F)cc1F. The average Bonchev–Trinajstić information content (AvgIpc) is 2.53. The van der Waals surface area contributed by atoms with E-state index in [1.165, 1.54) is 6.07 Å². The van der Waals surface area contributed by atoms with Crippen LogP contribution in [0.3, 0.4) is 0 Å². The fourth-order valence-electron chi connectivity index (χ4n) is 2.25. The van der Waals surface area contributed by atoms with E-state index in [9.17, 15) is 18.7 Å². The number of carbonyl (C=O) groups excluding carboxylic acids is 1. The zero-order valence-corrected chi connectivity index (χ0v) is 12.6. The van der Waals surface area contributed by atoms with Gasteiger partial charge in [0.05, 0.1) is 18.7 Å². The van der Waals surface area contributed by atoms with E-state index >= 15 is 0 Å². The van der Waals surface area contributed by atoms with Crippen molar-refractivity contribution < 1.29 is 18.7 Å². The summed E-state index contributed by atoms with van der Waals surface area (Å²) in [6, 6.07) is 10.4. The number of aliphatic hydroxyl groups is 1. The molecule has 2 amide bonds. The topological polar surface area (TPSA) is 61.4 Å². The highest BCUT2D eigenvalue weighted by Gasteiger charge is 2.17. The highest BCUT2D eigenvalue weighted by atomic mass is 19.1. The first-order valence-corrected chi connectivity index (χ1v) is 7.19. The van der Waals surface area contributed by atoms with Crippen LogP contribution in [0.4, 0.5) is 13.6 Å².